The van der Waals surface area contributed by atoms with Gasteiger partial charge in [-0.3, -0.25) is 19.3 Å². The Hall–Kier alpha value is -3.20. The Morgan fingerprint density at radius 3 is 2.45 bits per heavy atom. The Labute approximate surface area is 171 Å². The molecular weight excluding hydrogens is 366 g/mol. The van der Waals surface area contributed by atoms with Gasteiger partial charge in [0.05, 0.1) is 17.3 Å². The highest BCUT2D eigenvalue weighted by Crippen LogP contribution is 2.34. The lowest BCUT2D eigenvalue weighted by molar-refractivity contribution is -0.113. The van der Waals surface area contributed by atoms with E-state index in [1.807, 2.05) is 34.6 Å². The Morgan fingerprint density at radius 2 is 1.93 bits per heavy atom. The third-order valence-corrected chi connectivity index (χ3v) is 5.13. The zero-order chi connectivity index (χ0) is 21.9. The second-order valence-electron chi connectivity index (χ2n) is 8.10. The van der Waals surface area contributed by atoms with Gasteiger partial charge in [-0.05, 0) is 55.5 Å². The fourth-order valence-electron chi connectivity index (χ4n) is 2.88. The van der Waals surface area contributed by atoms with Crippen molar-refractivity contribution in [2.45, 2.75) is 54.0 Å². The van der Waals surface area contributed by atoms with Gasteiger partial charge in [0.1, 0.15) is 11.4 Å². The van der Waals surface area contributed by atoms with E-state index in [4.69, 9.17) is 0 Å². The van der Waals surface area contributed by atoms with Crippen molar-refractivity contribution in [1.29, 1.82) is 5.26 Å². The van der Waals surface area contributed by atoms with Crippen molar-refractivity contribution >= 4 is 23.0 Å². The summed E-state index contributed by atoms with van der Waals surface area (Å²) in [6.45, 7) is 11.6. The Kier molecular flexibility index (Phi) is 6.43. The van der Waals surface area contributed by atoms with E-state index in [-0.39, 0.29) is 22.8 Å². The highest BCUT2D eigenvalue weighted by Gasteiger charge is 2.33. The van der Waals surface area contributed by atoms with Gasteiger partial charge in [0.2, 0.25) is 0 Å². The summed E-state index contributed by atoms with van der Waals surface area (Å²) >= 11 is 0. The smallest absolute Gasteiger partial charge is 0.255 e. The molecule has 152 valence electrons. The second kappa shape index (κ2) is 8.44. The van der Waals surface area contributed by atoms with Crippen LogP contribution in [-0.2, 0) is 11.2 Å². The maximum Gasteiger partial charge on any atom is 0.255 e. The maximum absolute atomic E-state index is 12.9. The third kappa shape index (κ3) is 4.29. The molecule has 6 heteroatoms. The summed E-state index contributed by atoms with van der Waals surface area (Å²) < 4.78 is 0. The van der Waals surface area contributed by atoms with Gasteiger partial charge in [0.25, 0.3) is 16.8 Å². The van der Waals surface area contributed by atoms with Crippen LogP contribution in [0.25, 0.3) is 0 Å². The van der Waals surface area contributed by atoms with E-state index in [9.17, 15) is 19.6 Å². The lowest BCUT2D eigenvalue weighted by Gasteiger charge is -2.32. The van der Waals surface area contributed by atoms with E-state index >= 15 is 0 Å². The quantitative estimate of drug-likeness (QED) is 0.595. The maximum atomic E-state index is 12.9. The number of aryl methyl sites for hydroxylation is 1. The number of hydrogen-bond donors (Lipinski definition) is 1. The standard InChI is InChI=1S/C23H27N3O3/c1-7-9-18(27)26(17-11-10-15(13-24)12-16(17)8-2)20-19(21(28)22(20)29)25-14(3)23(4,5)6/h7,9-12,14,25H,8H2,1-6H3/b9-7+. The van der Waals surface area contributed by atoms with Gasteiger partial charge in [-0.1, -0.05) is 33.8 Å². The van der Waals surface area contributed by atoms with Crippen molar-refractivity contribution in [2.24, 2.45) is 5.41 Å². The van der Waals surface area contributed by atoms with Crippen LogP contribution in [0.3, 0.4) is 0 Å². The molecule has 0 aromatic heterocycles. The van der Waals surface area contributed by atoms with Crippen LogP contribution in [0.15, 0.2) is 39.9 Å². The van der Waals surface area contributed by atoms with E-state index in [0.29, 0.717) is 17.7 Å². The molecule has 2 aromatic carbocycles. The lowest BCUT2D eigenvalue weighted by Crippen LogP contribution is -2.45. The first kappa shape index (κ1) is 22.1. The summed E-state index contributed by atoms with van der Waals surface area (Å²) in [5.74, 6) is -0.425. The number of rotatable bonds is 6. The van der Waals surface area contributed by atoms with Gasteiger partial charge >= 0.3 is 0 Å². The highest BCUT2D eigenvalue weighted by molar-refractivity contribution is 6.10. The molecular formula is C23H27N3O3. The number of nitrogens with zero attached hydrogens (tertiary/aromatic N) is 2. The zero-order valence-corrected chi connectivity index (χ0v) is 17.8. The monoisotopic (exact) mass is 393 g/mol. The van der Waals surface area contributed by atoms with Crippen molar-refractivity contribution in [3.05, 3.63) is 61.9 Å². The SMILES string of the molecule is C/C=C/C(=O)N(c1ccc(C#N)cc1CC)c1c(NC(C)C(C)(C)C)c(=O)c1=O. The molecule has 0 fully saturated rings. The van der Waals surface area contributed by atoms with Crippen molar-refractivity contribution in [1.82, 2.24) is 0 Å². The van der Waals surface area contributed by atoms with Crippen LogP contribution in [-0.4, -0.2) is 11.9 Å². The molecule has 0 saturated heterocycles. The van der Waals surface area contributed by atoms with Gasteiger partial charge in [-0.25, -0.2) is 0 Å². The minimum Gasteiger partial charge on any atom is -0.377 e. The molecule has 0 aliphatic heterocycles. The third-order valence-electron chi connectivity index (χ3n) is 5.13. The topological polar surface area (TPSA) is 90.3 Å². The predicted molar refractivity (Wildman–Crippen MR) is 116 cm³/mol. The van der Waals surface area contributed by atoms with Crippen molar-refractivity contribution in [3.63, 3.8) is 0 Å². The molecule has 29 heavy (non-hydrogen) atoms. The van der Waals surface area contributed by atoms with E-state index in [1.54, 1.807) is 31.2 Å². The van der Waals surface area contributed by atoms with Gasteiger partial charge in [-0.15, -0.1) is 0 Å². The summed E-state index contributed by atoms with van der Waals surface area (Å²) in [6, 6.07) is 6.92. The first-order valence-electron chi connectivity index (χ1n) is 9.66. The molecule has 0 aliphatic carbocycles. The Bertz CT molecular complexity index is 1060. The molecule has 0 aliphatic rings. The van der Waals surface area contributed by atoms with Crippen LogP contribution >= 0.6 is 0 Å². The van der Waals surface area contributed by atoms with Crippen LogP contribution in [0.1, 0.15) is 52.7 Å². The number of nitriles is 1. The highest BCUT2D eigenvalue weighted by atomic mass is 16.2. The number of carbonyl (C=O) groups is 1. The first-order chi connectivity index (χ1) is 13.6. The van der Waals surface area contributed by atoms with Gasteiger partial charge in [0.15, 0.2) is 0 Å². The summed E-state index contributed by atoms with van der Waals surface area (Å²) in [5.41, 5.74) is 0.430. The van der Waals surface area contributed by atoms with E-state index in [1.165, 1.54) is 11.0 Å². The van der Waals surface area contributed by atoms with Crippen LogP contribution < -0.4 is 21.1 Å². The molecule has 0 bridgehead atoms. The summed E-state index contributed by atoms with van der Waals surface area (Å²) in [6.07, 6.45) is 3.49. The minimum absolute atomic E-state index is 0.0496. The fourth-order valence-corrected chi connectivity index (χ4v) is 2.88. The van der Waals surface area contributed by atoms with Crippen LogP contribution in [0.4, 0.5) is 17.1 Å². The van der Waals surface area contributed by atoms with Gasteiger partial charge in [0, 0.05) is 6.04 Å². The number of anilines is 3. The fraction of sp³-hybridized carbons (Fsp3) is 0.391. The van der Waals surface area contributed by atoms with E-state index in [2.05, 4.69) is 11.4 Å². The molecule has 2 rings (SSSR count). The van der Waals surface area contributed by atoms with Gasteiger partial charge in [-0.2, -0.15) is 5.26 Å². The number of benzene rings is 1. The number of amides is 1. The van der Waals surface area contributed by atoms with Crippen molar-refractivity contribution in [3.8, 4) is 6.07 Å². The Morgan fingerprint density at radius 1 is 1.28 bits per heavy atom. The van der Waals surface area contributed by atoms with Crippen LogP contribution in [0.5, 0.6) is 0 Å². The lowest BCUT2D eigenvalue weighted by atomic mass is 9.87. The molecule has 0 radical (unpaired) electrons. The molecule has 0 heterocycles. The largest absolute Gasteiger partial charge is 0.377 e. The molecule has 1 amide bonds. The minimum atomic E-state index is -0.696. The summed E-state index contributed by atoms with van der Waals surface area (Å²) in [5, 5.41) is 12.3. The Balaban J connectivity index is 2.68. The van der Waals surface area contributed by atoms with Crippen LogP contribution in [0.2, 0.25) is 0 Å². The number of hydrogen-bond acceptors (Lipinski definition) is 5. The average molecular weight is 393 g/mol. The summed E-state index contributed by atoms with van der Waals surface area (Å²) in [4.78, 5) is 39.1. The number of carbonyl (C=O) groups excluding carboxylic acids is 1. The first-order valence-corrected chi connectivity index (χ1v) is 9.66. The van der Waals surface area contributed by atoms with Gasteiger partial charge < -0.3 is 5.32 Å². The second-order valence-corrected chi connectivity index (χ2v) is 8.10. The van der Waals surface area contributed by atoms with Crippen molar-refractivity contribution < 1.29 is 4.79 Å². The molecule has 0 spiro atoms. The normalized spacial score (nSPS) is 12.7. The molecule has 2 aromatic rings. The van der Waals surface area contributed by atoms with Crippen molar-refractivity contribution in [2.75, 3.05) is 10.2 Å². The van der Waals surface area contributed by atoms with E-state index in [0.717, 1.165) is 5.56 Å². The molecule has 1 atom stereocenters. The molecule has 1 unspecified atom stereocenters. The number of allylic oxidation sites excluding steroid dienone is 1. The molecule has 1 N–H and O–H groups in total. The predicted octanol–water partition coefficient (Wildman–Crippen LogP) is 3.80. The summed E-state index contributed by atoms with van der Waals surface area (Å²) in [7, 11) is 0. The zero-order valence-electron chi connectivity index (χ0n) is 17.8. The molecule has 0 saturated carbocycles. The van der Waals surface area contributed by atoms with E-state index < -0.39 is 16.8 Å². The van der Waals surface area contributed by atoms with Crippen LogP contribution in [0, 0.1) is 16.7 Å². The average Bonchev–Trinajstić information content (AvgIpc) is 2.69. The number of nitrogens with one attached hydrogen (secondary N) is 1. The molecule has 6 nitrogen and oxygen atoms in total.